The maximum atomic E-state index is 14.4. The van der Waals surface area contributed by atoms with E-state index >= 15 is 0 Å². The molecule has 0 radical (unpaired) electrons. The van der Waals surface area contributed by atoms with Crippen LogP contribution in [-0.4, -0.2) is 58.6 Å². The summed E-state index contributed by atoms with van der Waals surface area (Å²) in [5, 5.41) is 2.65. The quantitative estimate of drug-likeness (QED) is 0.520. The number of alkyl carbamates (subject to hydrolysis) is 1. The molecule has 1 N–H and O–H groups in total. The van der Waals surface area contributed by atoms with Crippen molar-refractivity contribution in [2.24, 2.45) is 0 Å². The monoisotopic (exact) mass is 519 g/mol. The van der Waals surface area contributed by atoms with Gasteiger partial charge in [0.05, 0.1) is 6.42 Å². The summed E-state index contributed by atoms with van der Waals surface area (Å²) in [4.78, 5) is 29.9. The Morgan fingerprint density at radius 3 is 2.30 bits per heavy atom. The van der Waals surface area contributed by atoms with E-state index in [2.05, 4.69) is 29.3 Å². The Hall–Kier alpha value is -3.07. The molecule has 0 saturated carbocycles. The smallest absolute Gasteiger partial charge is 0.407 e. The lowest BCUT2D eigenvalue weighted by atomic mass is 10.0. The van der Waals surface area contributed by atoms with Crippen LogP contribution in [0.3, 0.4) is 0 Å². The molecule has 0 aromatic heterocycles. The average Bonchev–Trinajstić information content (AvgIpc) is 2.79. The topological polar surface area (TPSA) is 61.9 Å². The summed E-state index contributed by atoms with van der Waals surface area (Å²) in [5.41, 5.74) is 0.417. The van der Waals surface area contributed by atoms with Crippen LogP contribution in [0.25, 0.3) is 0 Å². The molecule has 1 aliphatic heterocycles. The molecule has 37 heavy (non-hydrogen) atoms. The number of piperazine rings is 1. The molecule has 0 aliphatic carbocycles. The van der Waals surface area contributed by atoms with Crippen LogP contribution in [0.4, 0.5) is 18.0 Å². The first kappa shape index (κ1) is 28.5. The Kier molecular flexibility index (Phi) is 9.23. The lowest BCUT2D eigenvalue weighted by molar-refractivity contribution is -0.139. The summed E-state index contributed by atoms with van der Waals surface area (Å²) in [7, 11) is 0. The molecule has 0 spiro atoms. The second kappa shape index (κ2) is 12.0. The first-order chi connectivity index (χ1) is 17.3. The number of nitrogens with zero attached hydrogens (tertiary/aromatic N) is 2. The largest absolute Gasteiger partial charge is 0.445 e. The highest BCUT2D eigenvalue weighted by molar-refractivity contribution is 5.78. The molecule has 2 amide bonds. The van der Waals surface area contributed by atoms with Crippen molar-refractivity contribution in [2.45, 2.75) is 77.7 Å². The van der Waals surface area contributed by atoms with Crippen LogP contribution in [0, 0.1) is 17.5 Å². The highest BCUT2D eigenvalue weighted by Gasteiger charge is 2.34. The van der Waals surface area contributed by atoms with Crippen LogP contribution in [0.1, 0.15) is 52.2 Å². The van der Waals surface area contributed by atoms with E-state index in [0.717, 1.165) is 12.6 Å². The maximum absolute atomic E-state index is 14.4. The van der Waals surface area contributed by atoms with Crippen molar-refractivity contribution in [1.29, 1.82) is 0 Å². The molecule has 1 aliphatic rings. The second-order valence-electron chi connectivity index (χ2n) is 10.8. The average molecular weight is 520 g/mol. The molecule has 0 unspecified atom stereocenters. The fraction of sp³-hybridized carbons (Fsp3) is 0.500. The zero-order valence-electron chi connectivity index (χ0n) is 22.1. The lowest BCUT2D eigenvalue weighted by Gasteiger charge is -2.44. The van der Waals surface area contributed by atoms with Crippen molar-refractivity contribution in [1.82, 2.24) is 15.1 Å². The van der Waals surface area contributed by atoms with Crippen LogP contribution in [0.15, 0.2) is 42.5 Å². The molecule has 3 atom stereocenters. The van der Waals surface area contributed by atoms with Gasteiger partial charge in [-0.05, 0) is 51.8 Å². The van der Waals surface area contributed by atoms with Gasteiger partial charge in [0.1, 0.15) is 11.9 Å². The van der Waals surface area contributed by atoms with E-state index in [1.54, 1.807) is 25.7 Å². The molecule has 9 heteroatoms. The molecule has 3 rings (SSSR count). The van der Waals surface area contributed by atoms with Crippen molar-refractivity contribution in [3.63, 3.8) is 0 Å². The minimum Gasteiger partial charge on any atom is -0.445 e. The van der Waals surface area contributed by atoms with Gasteiger partial charge in [0, 0.05) is 49.7 Å². The van der Waals surface area contributed by atoms with Crippen molar-refractivity contribution in [3.8, 4) is 0 Å². The summed E-state index contributed by atoms with van der Waals surface area (Å²) in [6.45, 7) is 11.2. The number of carbonyl (C=O) groups excluding carboxylic acids is 2. The molecule has 0 bridgehead atoms. The van der Waals surface area contributed by atoms with E-state index in [0.29, 0.717) is 19.2 Å². The van der Waals surface area contributed by atoms with Crippen molar-refractivity contribution < 1.29 is 27.5 Å². The van der Waals surface area contributed by atoms with E-state index in [4.69, 9.17) is 4.74 Å². The minimum atomic E-state index is -1.31. The summed E-state index contributed by atoms with van der Waals surface area (Å²) < 4.78 is 47.1. The standard InChI is InChI=1S/C28H36F3N3O3/c1-18-16-34(19(2)15-33(18)17-20-9-7-6-8-10-20)26(35)13-22(37-27(36)32-28(3,4)5)11-21-12-24(30)25(31)14-23(21)29/h6-10,12,14,18-19,22H,11,13,15-17H2,1-5H3,(H,32,36)/t18-,19+,22+/m0/s1. The van der Waals surface area contributed by atoms with Gasteiger partial charge in [0.25, 0.3) is 0 Å². The third kappa shape index (κ3) is 8.21. The number of halogens is 3. The second-order valence-corrected chi connectivity index (χ2v) is 10.8. The number of amides is 2. The maximum Gasteiger partial charge on any atom is 0.407 e. The fourth-order valence-corrected chi connectivity index (χ4v) is 4.50. The molecule has 1 fully saturated rings. The van der Waals surface area contributed by atoms with Crippen LogP contribution in [0.5, 0.6) is 0 Å². The molecule has 202 valence electrons. The summed E-state index contributed by atoms with van der Waals surface area (Å²) >= 11 is 0. The van der Waals surface area contributed by atoms with E-state index in [1.165, 1.54) is 5.56 Å². The summed E-state index contributed by atoms with van der Waals surface area (Å²) in [6.07, 6.45) is -2.34. The Bertz CT molecular complexity index is 1090. The third-order valence-electron chi connectivity index (χ3n) is 6.35. The molecular weight excluding hydrogens is 483 g/mol. The Balaban J connectivity index is 1.72. The number of hydrogen-bond acceptors (Lipinski definition) is 4. The Labute approximate surface area is 216 Å². The van der Waals surface area contributed by atoms with Crippen molar-refractivity contribution >= 4 is 12.0 Å². The van der Waals surface area contributed by atoms with Gasteiger partial charge >= 0.3 is 6.09 Å². The van der Waals surface area contributed by atoms with Gasteiger partial charge in [-0.2, -0.15) is 0 Å². The normalized spacial score (nSPS) is 19.4. The number of carbonyl (C=O) groups is 2. The minimum absolute atomic E-state index is 0.0903. The number of rotatable bonds is 7. The molecule has 1 saturated heterocycles. The summed E-state index contributed by atoms with van der Waals surface area (Å²) in [6, 6.07) is 11.3. The van der Waals surface area contributed by atoms with Gasteiger partial charge in [-0.15, -0.1) is 0 Å². The number of ether oxygens (including phenoxy) is 1. The predicted molar refractivity (Wildman–Crippen MR) is 135 cm³/mol. The van der Waals surface area contributed by atoms with Gasteiger partial charge < -0.3 is 15.0 Å². The first-order valence-electron chi connectivity index (χ1n) is 12.5. The van der Waals surface area contributed by atoms with Crippen LogP contribution < -0.4 is 5.32 Å². The highest BCUT2D eigenvalue weighted by atomic mass is 19.2. The molecule has 2 aromatic carbocycles. The van der Waals surface area contributed by atoms with Crippen LogP contribution in [0.2, 0.25) is 0 Å². The van der Waals surface area contributed by atoms with E-state index in [9.17, 15) is 22.8 Å². The molecule has 1 heterocycles. The fourth-order valence-electron chi connectivity index (χ4n) is 4.50. The van der Waals surface area contributed by atoms with Crippen LogP contribution in [-0.2, 0) is 22.5 Å². The SMILES string of the molecule is C[C@@H]1CN(Cc2ccccc2)[C@@H](C)CN1C(=O)C[C@@H](Cc1cc(F)c(F)cc1F)OC(=O)NC(C)(C)C. The number of nitrogens with one attached hydrogen (secondary N) is 1. The molecule has 2 aromatic rings. The van der Waals surface area contributed by atoms with Gasteiger partial charge in [-0.1, -0.05) is 30.3 Å². The van der Waals surface area contributed by atoms with Gasteiger partial charge in [0.2, 0.25) is 5.91 Å². The predicted octanol–water partition coefficient (Wildman–Crippen LogP) is 5.05. The van der Waals surface area contributed by atoms with Crippen molar-refractivity contribution in [2.75, 3.05) is 13.1 Å². The Morgan fingerprint density at radius 2 is 1.65 bits per heavy atom. The summed E-state index contributed by atoms with van der Waals surface area (Å²) in [5.74, 6) is -3.74. The van der Waals surface area contributed by atoms with Gasteiger partial charge in [-0.3, -0.25) is 9.69 Å². The van der Waals surface area contributed by atoms with E-state index < -0.39 is 35.2 Å². The highest BCUT2D eigenvalue weighted by Crippen LogP contribution is 2.22. The lowest BCUT2D eigenvalue weighted by Crippen LogP contribution is -2.58. The van der Waals surface area contributed by atoms with Crippen molar-refractivity contribution in [3.05, 3.63) is 71.0 Å². The zero-order valence-corrected chi connectivity index (χ0v) is 22.1. The van der Waals surface area contributed by atoms with Crippen LogP contribution >= 0.6 is 0 Å². The van der Waals surface area contributed by atoms with Gasteiger partial charge in [-0.25, -0.2) is 18.0 Å². The number of hydrogen-bond donors (Lipinski definition) is 1. The van der Waals surface area contributed by atoms with E-state index in [-0.39, 0.29) is 36.4 Å². The molecule has 6 nitrogen and oxygen atoms in total. The first-order valence-corrected chi connectivity index (χ1v) is 12.5. The third-order valence-corrected chi connectivity index (χ3v) is 6.35. The van der Waals surface area contributed by atoms with E-state index in [1.807, 2.05) is 25.1 Å². The Morgan fingerprint density at radius 1 is 1.00 bits per heavy atom. The van der Waals surface area contributed by atoms with Gasteiger partial charge in [0.15, 0.2) is 11.6 Å². The molecular formula is C28H36F3N3O3. The number of benzene rings is 2. The zero-order chi connectivity index (χ0) is 27.3.